The van der Waals surface area contributed by atoms with Crippen molar-refractivity contribution >= 4 is 24.6 Å². The molecule has 0 unspecified atom stereocenters. The topological polar surface area (TPSA) is 125 Å². The van der Waals surface area contributed by atoms with E-state index < -0.39 is 13.7 Å². The molecule has 160 valence electrons. The van der Waals surface area contributed by atoms with Crippen LogP contribution in [0.1, 0.15) is 25.3 Å². The molecule has 0 aliphatic heterocycles. The van der Waals surface area contributed by atoms with Crippen molar-refractivity contribution in [1.82, 2.24) is 19.9 Å². The number of hydrogen-bond acceptors (Lipinski definition) is 8. The second kappa shape index (κ2) is 9.16. The highest BCUT2D eigenvalue weighted by molar-refractivity contribution is 7.54. The quantitative estimate of drug-likeness (QED) is 0.359. The molecule has 10 heteroatoms. The van der Waals surface area contributed by atoms with E-state index in [1.807, 2.05) is 19.1 Å². The van der Waals surface area contributed by atoms with Gasteiger partial charge in [0.15, 0.2) is 23.6 Å². The van der Waals surface area contributed by atoms with E-state index in [1.54, 1.807) is 48.5 Å². The molecule has 0 saturated carbocycles. The zero-order valence-electron chi connectivity index (χ0n) is 16.8. The molecule has 2 aromatic heterocycles. The Labute approximate surface area is 179 Å². The van der Waals surface area contributed by atoms with Gasteiger partial charge in [-0.05, 0) is 30.7 Å². The van der Waals surface area contributed by atoms with E-state index in [9.17, 15) is 4.57 Å². The summed E-state index contributed by atoms with van der Waals surface area (Å²) >= 11 is 0. The Hall–Kier alpha value is -3.42. The zero-order valence-corrected chi connectivity index (χ0v) is 17.7. The Morgan fingerprint density at radius 3 is 2.19 bits per heavy atom. The molecule has 0 fully saturated rings. The molecule has 9 nitrogen and oxygen atoms in total. The van der Waals surface area contributed by atoms with Crippen LogP contribution in [-0.2, 0) is 9.30 Å². The lowest BCUT2D eigenvalue weighted by Crippen LogP contribution is -2.14. The minimum absolute atomic E-state index is 0.267. The molecule has 4 aromatic rings. The maximum atomic E-state index is 13.6. The van der Waals surface area contributed by atoms with Crippen LogP contribution in [-0.4, -0.2) is 26.3 Å². The van der Waals surface area contributed by atoms with Gasteiger partial charge in [0.1, 0.15) is 23.1 Å². The molecule has 0 spiro atoms. The SMILES string of the molecule is CC[C@H](OCP(=O)(Oc1ccccc1)Oc1ccccc1)c1nc(N)c2[nH]cnc2n1. The first kappa shape index (κ1) is 20.8. The third-order valence-electron chi connectivity index (χ3n) is 4.40. The summed E-state index contributed by atoms with van der Waals surface area (Å²) in [5.74, 6) is 1.45. The van der Waals surface area contributed by atoms with E-state index >= 15 is 0 Å². The van der Waals surface area contributed by atoms with Crippen LogP contribution >= 0.6 is 7.60 Å². The highest BCUT2D eigenvalue weighted by Crippen LogP contribution is 2.49. The number of hydrogen-bond donors (Lipinski definition) is 2. The highest BCUT2D eigenvalue weighted by Gasteiger charge is 2.31. The van der Waals surface area contributed by atoms with Gasteiger partial charge in [0, 0.05) is 0 Å². The fraction of sp³-hybridized carbons (Fsp3) is 0.190. The summed E-state index contributed by atoms with van der Waals surface area (Å²) in [6, 6.07) is 17.6. The lowest BCUT2D eigenvalue weighted by atomic mass is 10.2. The average Bonchev–Trinajstić information content (AvgIpc) is 3.25. The fourth-order valence-corrected chi connectivity index (χ4v) is 4.32. The minimum Gasteiger partial charge on any atom is -0.415 e. The van der Waals surface area contributed by atoms with Gasteiger partial charge < -0.3 is 24.5 Å². The molecule has 3 N–H and O–H groups in total. The van der Waals surface area contributed by atoms with Gasteiger partial charge in [0.2, 0.25) is 0 Å². The normalized spacial score (nSPS) is 12.5. The van der Waals surface area contributed by atoms with Crippen molar-refractivity contribution in [2.75, 3.05) is 12.1 Å². The molecule has 4 rings (SSSR count). The van der Waals surface area contributed by atoms with Crippen LogP contribution < -0.4 is 14.8 Å². The van der Waals surface area contributed by atoms with Crippen LogP contribution in [0, 0.1) is 0 Å². The number of anilines is 1. The van der Waals surface area contributed by atoms with Crippen LogP contribution in [0.3, 0.4) is 0 Å². The lowest BCUT2D eigenvalue weighted by molar-refractivity contribution is 0.0675. The zero-order chi connectivity index (χ0) is 21.7. The van der Waals surface area contributed by atoms with Gasteiger partial charge >= 0.3 is 7.60 Å². The number of imidazole rings is 1. The Kier molecular flexibility index (Phi) is 6.16. The van der Waals surface area contributed by atoms with E-state index in [-0.39, 0.29) is 12.2 Å². The molecule has 0 amide bonds. The first-order chi connectivity index (χ1) is 15.1. The number of nitrogen functional groups attached to an aromatic ring is 1. The summed E-state index contributed by atoms with van der Waals surface area (Å²) < 4.78 is 31.0. The molecule has 0 radical (unpaired) electrons. The Morgan fingerprint density at radius 2 is 1.61 bits per heavy atom. The van der Waals surface area contributed by atoms with Crippen LogP contribution in [0.5, 0.6) is 11.5 Å². The first-order valence-corrected chi connectivity index (χ1v) is 11.5. The second-order valence-electron chi connectivity index (χ2n) is 6.68. The summed E-state index contributed by atoms with van der Waals surface area (Å²) in [6.07, 6.45) is 1.13. The number of H-pyrrole nitrogens is 1. The molecule has 0 bridgehead atoms. The van der Waals surface area contributed by atoms with Crippen molar-refractivity contribution in [3.63, 3.8) is 0 Å². The van der Waals surface area contributed by atoms with Gasteiger partial charge in [0.05, 0.1) is 6.33 Å². The van der Waals surface area contributed by atoms with E-state index in [0.29, 0.717) is 34.9 Å². The molecule has 2 aromatic carbocycles. The van der Waals surface area contributed by atoms with Gasteiger partial charge in [-0.2, -0.15) is 0 Å². The van der Waals surface area contributed by atoms with Crippen LogP contribution in [0.4, 0.5) is 5.82 Å². The Balaban J connectivity index is 1.56. The predicted octanol–water partition coefficient (Wildman–Crippen LogP) is 4.71. The third kappa shape index (κ3) is 5.02. The molecule has 0 saturated heterocycles. The van der Waals surface area contributed by atoms with E-state index in [1.165, 1.54) is 6.33 Å². The molecule has 1 atom stereocenters. The number of nitrogens with zero attached hydrogens (tertiary/aromatic N) is 3. The summed E-state index contributed by atoms with van der Waals surface area (Å²) in [5.41, 5.74) is 7.00. The van der Waals surface area contributed by atoms with Crippen molar-refractivity contribution in [1.29, 1.82) is 0 Å². The van der Waals surface area contributed by atoms with Gasteiger partial charge in [-0.3, -0.25) is 0 Å². The molecule has 31 heavy (non-hydrogen) atoms. The number of aromatic amines is 1. The summed E-state index contributed by atoms with van der Waals surface area (Å²) in [6.45, 7) is 1.90. The van der Waals surface area contributed by atoms with E-state index in [2.05, 4.69) is 19.9 Å². The average molecular weight is 439 g/mol. The largest absolute Gasteiger partial charge is 0.456 e. The van der Waals surface area contributed by atoms with E-state index in [4.69, 9.17) is 19.5 Å². The minimum atomic E-state index is -3.73. The third-order valence-corrected chi connectivity index (χ3v) is 5.84. The van der Waals surface area contributed by atoms with Crippen LogP contribution in [0.15, 0.2) is 67.0 Å². The van der Waals surface area contributed by atoms with Gasteiger partial charge in [-0.25, -0.2) is 19.5 Å². The number of para-hydroxylation sites is 2. The molecular weight excluding hydrogens is 417 g/mol. The second-order valence-corrected chi connectivity index (χ2v) is 8.53. The number of nitrogens with two attached hydrogens (primary N) is 1. The fourth-order valence-electron chi connectivity index (χ4n) is 2.93. The highest BCUT2D eigenvalue weighted by atomic mass is 31.2. The van der Waals surface area contributed by atoms with Crippen LogP contribution in [0.2, 0.25) is 0 Å². The van der Waals surface area contributed by atoms with Crippen molar-refractivity contribution in [3.05, 3.63) is 72.8 Å². The summed E-state index contributed by atoms with van der Waals surface area (Å²) in [4.78, 5) is 15.7. The van der Waals surface area contributed by atoms with Crippen molar-refractivity contribution in [2.45, 2.75) is 19.4 Å². The summed E-state index contributed by atoms with van der Waals surface area (Å²) in [7, 11) is -3.73. The molecule has 0 aliphatic carbocycles. The number of aromatic nitrogens is 4. The number of ether oxygens (including phenoxy) is 1. The Bertz CT molecular complexity index is 1140. The standard InChI is InChI=1S/C21H22N5O4P/c1-2-17(20-25-19(22)18-21(26-20)24-13-23-18)28-14-31(27,29-15-9-5-3-6-10-15)30-16-11-7-4-8-12-16/h3-13,17H,2,14H2,1H3,(H3,22,23,24,25,26)/t17-/m0/s1. The van der Waals surface area contributed by atoms with E-state index in [0.717, 1.165) is 0 Å². The van der Waals surface area contributed by atoms with Gasteiger partial charge in [-0.1, -0.05) is 43.3 Å². The number of fused-ring (bicyclic) bond motifs is 1. The maximum absolute atomic E-state index is 13.6. The van der Waals surface area contributed by atoms with Crippen molar-refractivity contribution in [3.8, 4) is 11.5 Å². The van der Waals surface area contributed by atoms with Gasteiger partial charge in [0.25, 0.3) is 0 Å². The number of rotatable bonds is 9. The van der Waals surface area contributed by atoms with Crippen molar-refractivity contribution in [2.24, 2.45) is 0 Å². The molecular formula is C21H22N5O4P. The van der Waals surface area contributed by atoms with Crippen molar-refractivity contribution < 1.29 is 18.3 Å². The molecule has 0 aliphatic rings. The monoisotopic (exact) mass is 439 g/mol. The predicted molar refractivity (Wildman–Crippen MR) is 117 cm³/mol. The number of nitrogens with one attached hydrogen (secondary N) is 1. The molecule has 2 heterocycles. The Morgan fingerprint density at radius 1 is 1.00 bits per heavy atom. The lowest BCUT2D eigenvalue weighted by Gasteiger charge is -2.22. The maximum Gasteiger partial charge on any atom is 0.456 e. The smallest absolute Gasteiger partial charge is 0.415 e. The number of benzene rings is 2. The van der Waals surface area contributed by atoms with Crippen LogP contribution in [0.25, 0.3) is 11.2 Å². The first-order valence-electron chi connectivity index (χ1n) is 9.73. The summed E-state index contributed by atoms with van der Waals surface area (Å²) in [5, 5.41) is 0. The van der Waals surface area contributed by atoms with Gasteiger partial charge in [-0.15, -0.1) is 0 Å².